The van der Waals surface area contributed by atoms with Crippen LogP contribution >= 0.6 is 11.3 Å². The number of hydrazone groups is 1. The lowest BCUT2D eigenvalue weighted by molar-refractivity contribution is 0.0958. The third-order valence-corrected chi connectivity index (χ3v) is 4.43. The molecule has 0 radical (unpaired) electrons. The fraction of sp³-hybridized carbons (Fsp3) is 0.0667. The summed E-state index contributed by atoms with van der Waals surface area (Å²) < 4.78 is 0. The van der Waals surface area contributed by atoms with E-state index in [-0.39, 0.29) is 11.7 Å². The number of rotatable bonds is 3. The molecule has 3 aromatic rings. The monoisotopic (exact) mass is 327 g/mol. The number of aromatic nitrogens is 2. The van der Waals surface area contributed by atoms with Gasteiger partial charge in [0.25, 0.3) is 5.91 Å². The van der Waals surface area contributed by atoms with Crippen LogP contribution in [-0.2, 0) is 0 Å². The summed E-state index contributed by atoms with van der Waals surface area (Å²) in [6.45, 7) is 1.80. The average molecular weight is 327 g/mol. The van der Waals surface area contributed by atoms with E-state index >= 15 is 0 Å². The SMILES string of the molecule is Cc1c(C(=O)N/N=C\c2ccc(O)cc2)sc2ncnc(N)c12. The molecule has 3 rings (SSSR count). The number of fused-ring (bicyclic) bond motifs is 1. The van der Waals surface area contributed by atoms with Crippen LogP contribution in [0.15, 0.2) is 35.7 Å². The number of hydrogen-bond acceptors (Lipinski definition) is 7. The number of phenolic OH excluding ortho intramolecular Hbond substituents is 1. The van der Waals surface area contributed by atoms with Crippen molar-refractivity contribution in [2.24, 2.45) is 5.10 Å². The summed E-state index contributed by atoms with van der Waals surface area (Å²) in [7, 11) is 0. The normalized spacial score (nSPS) is 11.2. The van der Waals surface area contributed by atoms with E-state index in [9.17, 15) is 9.90 Å². The second-order valence-electron chi connectivity index (χ2n) is 4.79. The van der Waals surface area contributed by atoms with Gasteiger partial charge in [-0.15, -0.1) is 11.3 Å². The van der Waals surface area contributed by atoms with Crippen molar-refractivity contribution in [1.29, 1.82) is 0 Å². The third-order valence-electron chi connectivity index (χ3n) is 3.24. The number of nitrogens with two attached hydrogens (primary N) is 1. The highest BCUT2D eigenvalue weighted by Crippen LogP contribution is 2.31. The molecule has 0 unspecified atom stereocenters. The van der Waals surface area contributed by atoms with Gasteiger partial charge in [0.2, 0.25) is 0 Å². The lowest BCUT2D eigenvalue weighted by Crippen LogP contribution is -2.17. The van der Waals surface area contributed by atoms with Gasteiger partial charge in [-0.1, -0.05) is 0 Å². The largest absolute Gasteiger partial charge is 0.508 e. The molecule has 0 saturated heterocycles. The summed E-state index contributed by atoms with van der Waals surface area (Å²) >= 11 is 1.24. The molecule has 0 aliphatic heterocycles. The van der Waals surface area contributed by atoms with Crippen LogP contribution < -0.4 is 11.2 Å². The molecule has 0 fully saturated rings. The zero-order valence-corrected chi connectivity index (χ0v) is 13.0. The number of nitrogens with one attached hydrogen (secondary N) is 1. The van der Waals surface area contributed by atoms with E-state index in [0.29, 0.717) is 20.9 Å². The van der Waals surface area contributed by atoms with Crippen LogP contribution in [0, 0.1) is 6.92 Å². The highest BCUT2D eigenvalue weighted by molar-refractivity contribution is 7.20. The van der Waals surface area contributed by atoms with E-state index in [4.69, 9.17) is 5.73 Å². The number of carbonyl (C=O) groups excluding carboxylic acids is 1. The molecule has 7 nitrogen and oxygen atoms in total. The van der Waals surface area contributed by atoms with Crippen molar-refractivity contribution in [3.05, 3.63) is 46.6 Å². The lowest BCUT2D eigenvalue weighted by Gasteiger charge is -1.99. The Morgan fingerprint density at radius 3 is 2.78 bits per heavy atom. The number of carbonyl (C=O) groups is 1. The first-order valence-electron chi connectivity index (χ1n) is 6.68. The summed E-state index contributed by atoms with van der Waals surface area (Å²) in [6, 6.07) is 6.46. The van der Waals surface area contributed by atoms with E-state index < -0.39 is 0 Å². The summed E-state index contributed by atoms with van der Waals surface area (Å²) in [5, 5.41) is 13.8. The maximum absolute atomic E-state index is 12.2. The summed E-state index contributed by atoms with van der Waals surface area (Å²) in [4.78, 5) is 21.5. The number of nitrogen functional groups attached to an aromatic ring is 1. The van der Waals surface area contributed by atoms with E-state index in [1.807, 2.05) is 0 Å². The molecule has 116 valence electrons. The standard InChI is InChI=1S/C15H13N5O2S/c1-8-11-13(16)17-7-18-15(11)23-12(8)14(22)20-19-6-9-2-4-10(21)5-3-9/h2-7,21H,1H3,(H,20,22)(H2,16,17,18)/b19-6-. The quantitative estimate of drug-likeness (QED) is 0.503. The van der Waals surface area contributed by atoms with Gasteiger partial charge in [-0.2, -0.15) is 5.10 Å². The number of nitrogens with zero attached hydrogens (tertiary/aromatic N) is 3. The molecule has 0 atom stereocenters. The van der Waals surface area contributed by atoms with Gasteiger partial charge in [-0.05, 0) is 42.3 Å². The highest BCUT2D eigenvalue weighted by Gasteiger charge is 2.17. The minimum absolute atomic E-state index is 0.172. The molecule has 2 heterocycles. The zero-order valence-electron chi connectivity index (χ0n) is 12.1. The van der Waals surface area contributed by atoms with Gasteiger partial charge in [-0.3, -0.25) is 4.79 Å². The van der Waals surface area contributed by atoms with Crippen molar-refractivity contribution in [1.82, 2.24) is 15.4 Å². The number of thiophene rings is 1. The number of aromatic hydroxyl groups is 1. The van der Waals surface area contributed by atoms with Gasteiger partial charge in [0.05, 0.1) is 16.5 Å². The predicted molar refractivity (Wildman–Crippen MR) is 89.7 cm³/mol. The Hall–Kier alpha value is -3.00. The smallest absolute Gasteiger partial charge is 0.281 e. The fourth-order valence-electron chi connectivity index (χ4n) is 2.09. The number of aryl methyl sites for hydroxylation is 1. The van der Waals surface area contributed by atoms with Crippen molar-refractivity contribution >= 4 is 39.5 Å². The molecule has 1 amide bonds. The van der Waals surface area contributed by atoms with Crippen molar-refractivity contribution < 1.29 is 9.90 Å². The first-order valence-corrected chi connectivity index (χ1v) is 7.50. The second kappa shape index (κ2) is 6.01. The van der Waals surface area contributed by atoms with Crippen LogP contribution in [0.3, 0.4) is 0 Å². The first kappa shape index (κ1) is 14.9. The Morgan fingerprint density at radius 1 is 1.35 bits per heavy atom. The van der Waals surface area contributed by atoms with Crippen molar-refractivity contribution in [2.75, 3.05) is 5.73 Å². The Kier molecular flexibility index (Phi) is 3.90. The number of hydrogen-bond donors (Lipinski definition) is 3. The molecule has 0 saturated carbocycles. The minimum Gasteiger partial charge on any atom is -0.508 e. The van der Waals surface area contributed by atoms with Gasteiger partial charge < -0.3 is 10.8 Å². The van der Waals surface area contributed by atoms with Crippen LogP contribution in [0.2, 0.25) is 0 Å². The van der Waals surface area contributed by atoms with Crippen LogP contribution in [0.1, 0.15) is 20.8 Å². The van der Waals surface area contributed by atoms with Crippen LogP contribution in [0.25, 0.3) is 10.2 Å². The van der Waals surface area contributed by atoms with Crippen LogP contribution in [0.4, 0.5) is 5.82 Å². The molecule has 8 heteroatoms. The zero-order chi connectivity index (χ0) is 16.4. The molecule has 0 bridgehead atoms. The molecular formula is C15H13N5O2S. The van der Waals surface area contributed by atoms with Gasteiger partial charge in [0.15, 0.2) is 0 Å². The van der Waals surface area contributed by atoms with E-state index in [1.165, 1.54) is 23.9 Å². The van der Waals surface area contributed by atoms with E-state index in [1.54, 1.807) is 31.2 Å². The molecule has 0 aliphatic rings. The molecule has 1 aromatic carbocycles. The maximum atomic E-state index is 12.2. The lowest BCUT2D eigenvalue weighted by atomic mass is 10.2. The second-order valence-corrected chi connectivity index (χ2v) is 5.78. The Balaban J connectivity index is 1.80. The summed E-state index contributed by atoms with van der Waals surface area (Å²) in [5.74, 6) is 0.195. The molecular weight excluding hydrogens is 314 g/mol. The van der Waals surface area contributed by atoms with Gasteiger partial charge in [-0.25, -0.2) is 15.4 Å². The first-order chi connectivity index (χ1) is 11.1. The summed E-state index contributed by atoms with van der Waals surface area (Å²) in [5.41, 5.74) is 9.80. The van der Waals surface area contributed by atoms with Crippen molar-refractivity contribution in [2.45, 2.75) is 6.92 Å². The van der Waals surface area contributed by atoms with Crippen LogP contribution in [-0.4, -0.2) is 27.2 Å². The molecule has 23 heavy (non-hydrogen) atoms. The highest BCUT2D eigenvalue weighted by atomic mass is 32.1. The Labute approximate surface area is 135 Å². The summed E-state index contributed by atoms with van der Waals surface area (Å²) in [6.07, 6.45) is 2.87. The number of benzene rings is 1. The van der Waals surface area contributed by atoms with E-state index in [2.05, 4.69) is 20.5 Å². The van der Waals surface area contributed by atoms with E-state index in [0.717, 1.165) is 11.1 Å². The van der Waals surface area contributed by atoms with Crippen molar-refractivity contribution in [3.8, 4) is 5.75 Å². The topological polar surface area (TPSA) is 113 Å². The number of anilines is 1. The van der Waals surface area contributed by atoms with Crippen LogP contribution in [0.5, 0.6) is 5.75 Å². The molecule has 2 aromatic heterocycles. The number of phenols is 1. The Morgan fingerprint density at radius 2 is 2.09 bits per heavy atom. The fourth-order valence-corrected chi connectivity index (χ4v) is 3.14. The predicted octanol–water partition coefficient (Wildman–Crippen LogP) is 2.05. The van der Waals surface area contributed by atoms with Gasteiger partial charge in [0.1, 0.15) is 22.7 Å². The average Bonchev–Trinajstić information content (AvgIpc) is 2.88. The molecule has 0 spiro atoms. The third kappa shape index (κ3) is 2.97. The van der Waals surface area contributed by atoms with Crippen molar-refractivity contribution in [3.63, 3.8) is 0 Å². The maximum Gasteiger partial charge on any atom is 0.281 e. The molecule has 0 aliphatic carbocycles. The Bertz CT molecular complexity index is 902. The number of amides is 1. The van der Waals surface area contributed by atoms with Gasteiger partial charge >= 0.3 is 0 Å². The minimum atomic E-state index is -0.333. The molecule has 4 N–H and O–H groups in total. The van der Waals surface area contributed by atoms with Gasteiger partial charge in [0, 0.05) is 0 Å².